The van der Waals surface area contributed by atoms with Crippen LogP contribution in [0.25, 0.3) is 10.2 Å². The maximum Gasteiger partial charge on any atom is 0.248 e. The molecule has 7 nitrogen and oxygen atoms in total. The van der Waals surface area contributed by atoms with Gasteiger partial charge < -0.3 is 14.0 Å². The van der Waals surface area contributed by atoms with Crippen molar-refractivity contribution in [2.45, 2.75) is 24.3 Å². The van der Waals surface area contributed by atoms with Gasteiger partial charge in [0.15, 0.2) is 26.1 Å². The summed E-state index contributed by atoms with van der Waals surface area (Å²) in [5, 5.41) is 0.459. The van der Waals surface area contributed by atoms with Gasteiger partial charge in [0.1, 0.15) is 13.2 Å². The van der Waals surface area contributed by atoms with E-state index in [0.717, 1.165) is 10.2 Å². The van der Waals surface area contributed by atoms with Crippen molar-refractivity contribution >= 4 is 48.9 Å². The van der Waals surface area contributed by atoms with Crippen molar-refractivity contribution in [2.75, 3.05) is 19.0 Å². The Bertz CT molecular complexity index is 1380. The fourth-order valence-electron chi connectivity index (χ4n) is 3.27. The number of fused-ring (bicyclic) bond motifs is 2. The van der Waals surface area contributed by atoms with Crippen LogP contribution in [0.4, 0.5) is 0 Å². The van der Waals surface area contributed by atoms with Crippen LogP contribution in [0.3, 0.4) is 0 Å². The molecular formula is C22H19ClN2O5S2. The Labute approximate surface area is 194 Å². The lowest BCUT2D eigenvalue weighted by Crippen LogP contribution is -2.17. The van der Waals surface area contributed by atoms with E-state index in [9.17, 15) is 13.2 Å². The second-order valence-corrected chi connectivity index (χ2v) is 10.6. The molecule has 0 saturated carbocycles. The van der Waals surface area contributed by atoms with Crippen LogP contribution in [0.15, 0.2) is 46.3 Å². The summed E-state index contributed by atoms with van der Waals surface area (Å²) in [7, 11) is -3.50. The molecule has 0 atom stereocenters. The van der Waals surface area contributed by atoms with Gasteiger partial charge in [-0.1, -0.05) is 28.9 Å². The van der Waals surface area contributed by atoms with Crippen LogP contribution in [0, 0.1) is 12.3 Å². The second kappa shape index (κ2) is 9.36. The third-order valence-electron chi connectivity index (χ3n) is 4.79. The molecule has 10 heteroatoms. The number of sulfone groups is 1. The van der Waals surface area contributed by atoms with E-state index in [0.29, 0.717) is 34.5 Å². The number of ether oxygens (including phenoxy) is 2. The van der Waals surface area contributed by atoms with Crippen LogP contribution in [-0.4, -0.2) is 37.9 Å². The third-order valence-corrected chi connectivity index (χ3v) is 7.90. The maximum atomic E-state index is 12.5. The number of rotatable bonds is 6. The van der Waals surface area contributed by atoms with Gasteiger partial charge in [-0.2, -0.15) is 4.99 Å². The Morgan fingerprint density at radius 2 is 1.88 bits per heavy atom. The van der Waals surface area contributed by atoms with Gasteiger partial charge in [-0.25, -0.2) is 8.42 Å². The van der Waals surface area contributed by atoms with E-state index in [1.54, 1.807) is 4.57 Å². The van der Waals surface area contributed by atoms with Gasteiger partial charge >= 0.3 is 0 Å². The summed E-state index contributed by atoms with van der Waals surface area (Å²) in [5.74, 6) is 3.27. The quantitative estimate of drug-likeness (QED) is 0.494. The first-order chi connectivity index (χ1) is 15.4. The molecule has 166 valence electrons. The van der Waals surface area contributed by atoms with Gasteiger partial charge in [0, 0.05) is 23.6 Å². The number of carbonyl (C=O) groups is 1. The molecule has 32 heavy (non-hydrogen) atoms. The highest BCUT2D eigenvalue weighted by Gasteiger charge is 2.17. The average Bonchev–Trinajstić information content (AvgIpc) is 3.08. The Morgan fingerprint density at radius 3 is 2.56 bits per heavy atom. The molecule has 0 radical (unpaired) electrons. The van der Waals surface area contributed by atoms with Crippen LogP contribution >= 0.6 is 22.9 Å². The summed E-state index contributed by atoms with van der Waals surface area (Å²) in [6.45, 7) is 1.17. The summed E-state index contributed by atoms with van der Waals surface area (Å²) in [4.78, 5) is 17.3. The molecule has 0 aliphatic carbocycles. The van der Waals surface area contributed by atoms with Crippen molar-refractivity contribution in [1.82, 2.24) is 4.57 Å². The molecule has 3 aromatic rings. The molecule has 0 saturated heterocycles. The standard InChI is InChI=1S/C22H19ClN2O5S2/c1-2-9-25-17-13-18-19(30-11-10-29-18)14-20(17)31-22(25)24-21(26)4-3-12-32(27,28)16-7-5-15(23)6-8-16/h1,5-8,13-14H,3-4,9-12H2. The minimum absolute atomic E-state index is 0.000158. The van der Waals surface area contributed by atoms with Gasteiger partial charge in [-0.05, 0) is 30.7 Å². The van der Waals surface area contributed by atoms with Crippen molar-refractivity contribution in [3.05, 3.63) is 46.2 Å². The second-order valence-electron chi connectivity index (χ2n) is 7.02. The van der Waals surface area contributed by atoms with E-state index in [1.807, 2.05) is 12.1 Å². The third kappa shape index (κ3) is 4.83. The number of aromatic nitrogens is 1. The number of terminal acetylenes is 1. The van der Waals surface area contributed by atoms with Crippen molar-refractivity contribution in [2.24, 2.45) is 4.99 Å². The largest absolute Gasteiger partial charge is 0.486 e. The number of benzene rings is 2. The zero-order valence-corrected chi connectivity index (χ0v) is 19.3. The first-order valence-electron chi connectivity index (χ1n) is 9.80. The van der Waals surface area contributed by atoms with Crippen LogP contribution in [0.2, 0.25) is 5.02 Å². The molecule has 0 spiro atoms. The number of hydrogen-bond acceptors (Lipinski definition) is 6. The molecule has 4 rings (SSSR count). The lowest BCUT2D eigenvalue weighted by atomic mass is 10.2. The SMILES string of the molecule is C#CCn1c(=NC(=O)CCCS(=O)(=O)c2ccc(Cl)cc2)sc2cc3c(cc21)OCCO3. The number of thiazole rings is 1. The number of nitrogens with zero attached hydrogens (tertiary/aromatic N) is 2. The van der Waals surface area contributed by atoms with Crippen molar-refractivity contribution < 1.29 is 22.7 Å². The van der Waals surface area contributed by atoms with E-state index in [2.05, 4.69) is 10.9 Å². The molecule has 0 fully saturated rings. The Kier molecular flexibility index (Phi) is 6.55. The average molecular weight is 491 g/mol. The zero-order chi connectivity index (χ0) is 22.7. The topological polar surface area (TPSA) is 87.0 Å². The minimum Gasteiger partial charge on any atom is -0.486 e. The smallest absolute Gasteiger partial charge is 0.248 e. The van der Waals surface area contributed by atoms with Crippen LogP contribution in [-0.2, 0) is 21.2 Å². The molecule has 2 heterocycles. The summed E-state index contributed by atoms with van der Waals surface area (Å²) in [6, 6.07) is 9.64. The molecule has 1 aliphatic heterocycles. The van der Waals surface area contributed by atoms with Crippen molar-refractivity contribution in [1.29, 1.82) is 0 Å². The fourth-order valence-corrected chi connectivity index (χ4v) is 5.77. The van der Waals surface area contributed by atoms with E-state index in [1.165, 1.54) is 35.6 Å². The molecule has 0 unspecified atom stereocenters. The van der Waals surface area contributed by atoms with E-state index in [-0.39, 0.29) is 30.0 Å². The summed E-state index contributed by atoms with van der Waals surface area (Å²) < 4.78 is 38.7. The normalized spacial score (nSPS) is 13.8. The highest BCUT2D eigenvalue weighted by atomic mass is 35.5. The van der Waals surface area contributed by atoms with Gasteiger partial charge in [0.25, 0.3) is 0 Å². The van der Waals surface area contributed by atoms with Crippen LogP contribution in [0.1, 0.15) is 12.8 Å². The Balaban J connectivity index is 1.53. The predicted molar refractivity (Wildman–Crippen MR) is 123 cm³/mol. The summed E-state index contributed by atoms with van der Waals surface area (Å²) >= 11 is 7.12. The fraction of sp³-hybridized carbons (Fsp3) is 0.273. The molecule has 2 aromatic carbocycles. The molecule has 0 N–H and O–H groups in total. The lowest BCUT2D eigenvalue weighted by molar-refractivity contribution is -0.118. The highest BCUT2D eigenvalue weighted by molar-refractivity contribution is 7.91. The first-order valence-corrected chi connectivity index (χ1v) is 12.6. The van der Waals surface area contributed by atoms with Crippen molar-refractivity contribution in [3.63, 3.8) is 0 Å². The van der Waals surface area contributed by atoms with E-state index in [4.69, 9.17) is 27.5 Å². The maximum absolute atomic E-state index is 12.5. The molecule has 1 aliphatic rings. The molecule has 0 bridgehead atoms. The number of halogens is 1. The highest BCUT2D eigenvalue weighted by Crippen LogP contribution is 2.35. The van der Waals surface area contributed by atoms with Gasteiger partial charge in [0.05, 0.1) is 27.4 Å². The summed E-state index contributed by atoms with van der Waals surface area (Å²) in [5.41, 5.74) is 0.800. The molecule has 1 aromatic heterocycles. The summed E-state index contributed by atoms with van der Waals surface area (Å²) in [6.07, 6.45) is 5.67. The number of hydrogen-bond donors (Lipinski definition) is 0. The lowest BCUT2D eigenvalue weighted by Gasteiger charge is -2.18. The Morgan fingerprint density at radius 1 is 1.19 bits per heavy atom. The van der Waals surface area contributed by atoms with E-state index < -0.39 is 15.7 Å². The van der Waals surface area contributed by atoms with Gasteiger partial charge in [0.2, 0.25) is 5.91 Å². The van der Waals surface area contributed by atoms with E-state index >= 15 is 0 Å². The number of carbonyl (C=O) groups excluding carboxylic acids is 1. The van der Waals surface area contributed by atoms with Gasteiger partial charge in [-0.3, -0.25) is 4.79 Å². The zero-order valence-electron chi connectivity index (χ0n) is 16.9. The van der Waals surface area contributed by atoms with Gasteiger partial charge in [-0.15, -0.1) is 6.42 Å². The van der Waals surface area contributed by atoms with Crippen LogP contribution < -0.4 is 14.3 Å². The van der Waals surface area contributed by atoms with Crippen LogP contribution in [0.5, 0.6) is 11.5 Å². The predicted octanol–water partition coefficient (Wildman–Crippen LogP) is 3.44. The molecular weight excluding hydrogens is 472 g/mol. The Hall–Kier alpha value is -2.80. The monoisotopic (exact) mass is 490 g/mol. The van der Waals surface area contributed by atoms with Crippen molar-refractivity contribution in [3.8, 4) is 23.8 Å². The first kappa shape index (κ1) is 22.4. The molecule has 1 amide bonds. The number of amides is 1. The minimum atomic E-state index is -3.50.